The Balaban J connectivity index is 1.28. The van der Waals surface area contributed by atoms with Crippen LogP contribution in [0.3, 0.4) is 0 Å². The lowest BCUT2D eigenvalue weighted by atomic mass is 9.32. The van der Waals surface area contributed by atoms with Crippen molar-refractivity contribution in [2.45, 2.75) is 112 Å². The molecular formula is C36H59NO4. The third kappa shape index (κ3) is 4.28. The lowest BCUT2D eigenvalue weighted by molar-refractivity contribution is -0.248. The van der Waals surface area contributed by atoms with Crippen LogP contribution in [0.4, 0.5) is 0 Å². The average molecular weight is 570 g/mol. The number of allylic oxidation sites excluding steroid dienone is 1. The molecule has 0 aromatic rings. The van der Waals surface area contributed by atoms with Crippen LogP contribution in [-0.4, -0.2) is 61.5 Å². The van der Waals surface area contributed by atoms with Crippen LogP contribution in [0.15, 0.2) is 12.2 Å². The number of esters is 1. The predicted molar refractivity (Wildman–Crippen MR) is 163 cm³/mol. The van der Waals surface area contributed by atoms with Crippen molar-refractivity contribution in [2.75, 3.05) is 39.5 Å². The smallest absolute Gasteiger partial charge is 0.312 e. The number of aliphatic hydroxyl groups excluding tert-OH is 1. The number of nitrogens with zero attached hydrogens (tertiary/aromatic N) is 1. The second-order valence-electron chi connectivity index (χ2n) is 16.8. The van der Waals surface area contributed by atoms with Gasteiger partial charge >= 0.3 is 5.97 Å². The van der Waals surface area contributed by atoms with Crippen molar-refractivity contribution in [3.63, 3.8) is 0 Å². The molecule has 0 bridgehead atoms. The highest BCUT2D eigenvalue weighted by molar-refractivity contribution is 5.78. The van der Waals surface area contributed by atoms with E-state index in [9.17, 15) is 9.90 Å². The Morgan fingerprint density at radius 3 is 2.34 bits per heavy atom. The van der Waals surface area contributed by atoms with Crippen LogP contribution in [0, 0.1) is 56.7 Å². The lowest BCUT2D eigenvalue weighted by Gasteiger charge is -2.72. The molecule has 0 aromatic carbocycles. The minimum atomic E-state index is -0.347. The SMILES string of the molecule is C=C(C)C1CCC2(C(=O)OCCN3CCOCC3)CCC3(C)C(CCC4C5(C)CCC(O)C(C)(C)C5CCC43C)C12. The first-order chi connectivity index (χ1) is 19.3. The summed E-state index contributed by atoms with van der Waals surface area (Å²) in [5.41, 5.74) is 1.65. The number of ether oxygens (including phenoxy) is 2. The van der Waals surface area contributed by atoms with Crippen LogP contribution < -0.4 is 0 Å². The number of carbonyl (C=O) groups excluding carboxylic acids is 1. The summed E-state index contributed by atoms with van der Waals surface area (Å²) >= 11 is 0. The van der Waals surface area contributed by atoms with Gasteiger partial charge < -0.3 is 14.6 Å². The van der Waals surface area contributed by atoms with Gasteiger partial charge in [-0.1, -0.05) is 46.8 Å². The maximum atomic E-state index is 14.2. The molecule has 0 aromatic heterocycles. The van der Waals surface area contributed by atoms with Gasteiger partial charge in [-0.15, -0.1) is 0 Å². The molecule has 6 fully saturated rings. The summed E-state index contributed by atoms with van der Waals surface area (Å²) < 4.78 is 11.7. The zero-order valence-corrected chi connectivity index (χ0v) is 27.1. The summed E-state index contributed by atoms with van der Waals surface area (Å²) in [5.74, 6) is 2.66. The molecule has 1 heterocycles. The minimum Gasteiger partial charge on any atom is -0.464 e. The van der Waals surface area contributed by atoms with Gasteiger partial charge in [-0.25, -0.2) is 0 Å². The molecule has 6 aliphatic rings. The second-order valence-corrected chi connectivity index (χ2v) is 16.8. The molecule has 41 heavy (non-hydrogen) atoms. The Hall–Kier alpha value is -0.910. The average Bonchev–Trinajstić information content (AvgIpc) is 3.33. The summed E-state index contributed by atoms with van der Waals surface area (Å²) in [7, 11) is 0. The Morgan fingerprint density at radius 1 is 0.902 bits per heavy atom. The fraction of sp³-hybridized carbons (Fsp3) is 0.917. The second kappa shape index (κ2) is 10.3. The molecule has 10 atom stereocenters. The topological polar surface area (TPSA) is 59.0 Å². The third-order valence-electron chi connectivity index (χ3n) is 15.2. The molecule has 6 rings (SSSR count). The first kappa shape index (κ1) is 30.1. The third-order valence-corrected chi connectivity index (χ3v) is 15.2. The van der Waals surface area contributed by atoms with Gasteiger partial charge in [0.25, 0.3) is 0 Å². The zero-order chi connectivity index (χ0) is 29.4. The van der Waals surface area contributed by atoms with Crippen molar-refractivity contribution >= 4 is 5.97 Å². The van der Waals surface area contributed by atoms with Crippen molar-refractivity contribution in [3.8, 4) is 0 Å². The molecule has 1 N–H and O–H groups in total. The number of rotatable bonds is 5. The van der Waals surface area contributed by atoms with E-state index in [1.165, 1.54) is 31.3 Å². The van der Waals surface area contributed by atoms with Gasteiger partial charge in [0.15, 0.2) is 0 Å². The van der Waals surface area contributed by atoms with E-state index in [0.29, 0.717) is 36.2 Å². The van der Waals surface area contributed by atoms with Crippen molar-refractivity contribution in [1.29, 1.82) is 0 Å². The van der Waals surface area contributed by atoms with Crippen molar-refractivity contribution in [3.05, 3.63) is 12.2 Å². The van der Waals surface area contributed by atoms with E-state index in [2.05, 4.69) is 53.0 Å². The molecule has 1 saturated heterocycles. The molecule has 5 heteroatoms. The standard InChI is InChI=1S/C36H59NO4/c1-24(2)25-10-15-36(31(39)41-23-20-37-18-21-40-22-19-37)17-16-34(6)26(30(25)36)8-9-28-33(5)13-12-29(38)32(3,4)27(33)11-14-35(28,34)7/h25-30,38H,1,8-23H2,2-7H3. The molecule has 10 unspecified atom stereocenters. The molecule has 5 saturated carbocycles. The van der Waals surface area contributed by atoms with Gasteiger partial charge in [0, 0.05) is 19.6 Å². The van der Waals surface area contributed by atoms with E-state index >= 15 is 0 Å². The molecule has 5 aliphatic carbocycles. The van der Waals surface area contributed by atoms with E-state index in [-0.39, 0.29) is 39.1 Å². The molecular weight excluding hydrogens is 510 g/mol. The maximum Gasteiger partial charge on any atom is 0.312 e. The van der Waals surface area contributed by atoms with Gasteiger partial charge in [-0.3, -0.25) is 9.69 Å². The highest BCUT2D eigenvalue weighted by Crippen LogP contribution is 2.77. The first-order valence-electron chi connectivity index (χ1n) is 17.1. The molecule has 232 valence electrons. The van der Waals surface area contributed by atoms with Gasteiger partial charge in [0.2, 0.25) is 0 Å². The summed E-state index contributed by atoms with van der Waals surface area (Å²) in [4.78, 5) is 16.5. The predicted octanol–water partition coefficient (Wildman–Crippen LogP) is 6.88. The lowest BCUT2D eigenvalue weighted by Crippen LogP contribution is -2.67. The summed E-state index contributed by atoms with van der Waals surface area (Å²) in [5, 5.41) is 11.0. The summed E-state index contributed by atoms with van der Waals surface area (Å²) in [6.07, 6.45) is 11.0. The zero-order valence-electron chi connectivity index (χ0n) is 27.1. The van der Waals surface area contributed by atoms with Gasteiger partial charge in [-0.2, -0.15) is 0 Å². The number of fused-ring (bicyclic) bond motifs is 7. The summed E-state index contributed by atoms with van der Waals surface area (Å²) in [6, 6.07) is 0. The molecule has 0 amide bonds. The van der Waals surface area contributed by atoms with Gasteiger partial charge in [0.1, 0.15) is 6.61 Å². The van der Waals surface area contributed by atoms with E-state index in [4.69, 9.17) is 9.47 Å². The monoisotopic (exact) mass is 569 g/mol. The normalized spacial score (nSPS) is 49.2. The largest absolute Gasteiger partial charge is 0.464 e. The Kier molecular flexibility index (Phi) is 7.59. The summed E-state index contributed by atoms with van der Waals surface area (Å²) in [6.45, 7) is 24.0. The van der Waals surface area contributed by atoms with Crippen LogP contribution in [0.25, 0.3) is 0 Å². The fourth-order valence-electron chi connectivity index (χ4n) is 12.7. The first-order valence-corrected chi connectivity index (χ1v) is 17.1. The fourth-order valence-corrected chi connectivity index (χ4v) is 12.7. The molecule has 0 spiro atoms. The Labute approximate surface area is 250 Å². The maximum absolute atomic E-state index is 14.2. The number of carbonyl (C=O) groups is 1. The Bertz CT molecular complexity index is 1030. The molecule has 1 aliphatic heterocycles. The van der Waals surface area contributed by atoms with E-state index < -0.39 is 0 Å². The number of aliphatic hydroxyl groups is 1. The van der Waals surface area contributed by atoms with E-state index in [1.807, 2.05) is 0 Å². The number of hydrogen-bond acceptors (Lipinski definition) is 5. The van der Waals surface area contributed by atoms with Gasteiger partial charge in [0.05, 0.1) is 24.7 Å². The molecule has 0 radical (unpaired) electrons. The molecule has 5 nitrogen and oxygen atoms in total. The van der Waals surface area contributed by atoms with Crippen LogP contribution in [0.1, 0.15) is 106 Å². The van der Waals surface area contributed by atoms with Crippen molar-refractivity contribution < 1.29 is 19.4 Å². The number of morpholine rings is 1. The highest BCUT2D eigenvalue weighted by atomic mass is 16.5. The van der Waals surface area contributed by atoms with E-state index in [1.54, 1.807) is 0 Å². The highest BCUT2D eigenvalue weighted by Gasteiger charge is 2.72. The quantitative estimate of drug-likeness (QED) is 0.289. The van der Waals surface area contributed by atoms with Crippen molar-refractivity contribution in [1.82, 2.24) is 4.90 Å². The number of hydrogen-bond donors (Lipinski definition) is 1. The van der Waals surface area contributed by atoms with Gasteiger partial charge in [-0.05, 0) is 122 Å². The van der Waals surface area contributed by atoms with Crippen molar-refractivity contribution in [2.24, 2.45) is 56.7 Å². The van der Waals surface area contributed by atoms with Crippen LogP contribution in [0.5, 0.6) is 0 Å². The van der Waals surface area contributed by atoms with Crippen LogP contribution in [-0.2, 0) is 14.3 Å². The van der Waals surface area contributed by atoms with E-state index in [0.717, 1.165) is 71.4 Å². The van der Waals surface area contributed by atoms with Crippen LogP contribution in [0.2, 0.25) is 0 Å². The Morgan fingerprint density at radius 2 is 1.63 bits per heavy atom. The van der Waals surface area contributed by atoms with Crippen LogP contribution >= 0.6 is 0 Å². The minimum absolute atomic E-state index is 0.0186.